The predicted molar refractivity (Wildman–Crippen MR) is 110 cm³/mol. The van der Waals surface area contributed by atoms with Crippen molar-refractivity contribution in [2.45, 2.75) is 24.3 Å². The van der Waals surface area contributed by atoms with Gasteiger partial charge in [0.15, 0.2) is 5.76 Å². The summed E-state index contributed by atoms with van der Waals surface area (Å²) in [7, 11) is -2.58. The van der Waals surface area contributed by atoms with E-state index >= 15 is 0 Å². The summed E-state index contributed by atoms with van der Waals surface area (Å²) in [5, 5.41) is 11.0. The van der Waals surface area contributed by atoms with Gasteiger partial charge in [0.1, 0.15) is 4.91 Å². The van der Waals surface area contributed by atoms with Crippen molar-refractivity contribution in [2.24, 2.45) is 0 Å². The van der Waals surface area contributed by atoms with E-state index in [1.54, 1.807) is 19.2 Å². The number of hydrogen-bond acceptors (Lipinski definition) is 5. The number of amides is 1. The van der Waals surface area contributed by atoms with E-state index in [9.17, 15) is 18.3 Å². The highest BCUT2D eigenvalue weighted by atomic mass is 35.5. The lowest BCUT2D eigenvalue weighted by Gasteiger charge is -2.27. The molecular weight excluding hydrogens is 414 g/mol. The molecule has 154 valence electrons. The maximum atomic E-state index is 13.4. The van der Waals surface area contributed by atoms with Crippen molar-refractivity contribution in [3.05, 3.63) is 75.3 Å². The molecule has 1 amide bonds. The first kappa shape index (κ1) is 21.4. The van der Waals surface area contributed by atoms with Crippen molar-refractivity contribution in [1.82, 2.24) is 4.90 Å². The lowest BCUT2D eigenvalue weighted by Crippen LogP contribution is -2.32. The second-order valence-corrected chi connectivity index (χ2v) is 9.18. The first-order valence-electron chi connectivity index (χ1n) is 9.07. The van der Waals surface area contributed by atoms with Crippen molar-refractivity contribution in [2.75, 3.05) is 20.3 Å². The van der Waals surface area contributed by atoms with Gasteiger partial charge in [-0.3, -0.25) is 4.79 Å². The van der Waals surface area contributed by atoms with Gasteiger partial charge in [-0.25, -0.2) is 8.42 Å². The van der Waals surface area contributed by atoms with Crippen molar-refractivity contribution < 1.29 is 23.1 Å². The Labute approximate surface area is 175 Å². The summed E-state index contributed by atoms with van der Waals surface area (Å²) < 4.78 is 31.8. The SMILES string of the molecule is COCCCN1C(=O)C(O)=C(S(=O)(=O)c2ccc(Cl)cc2)C1c1ccc(C)cc1. The molecule has 0 aromatic heterocycles. The van der Waals surface area contributed by atoms with Gasteiger partial charge in [0.25, 0.3) is 5.91 Å². The molecule has 6 nitrogen and oxygen atoms in total. The van der Waals surface area contributed by atoms with E-state index in [2.05, 4.69) is 0 Å². The number of methoxy groups -OCH3 is 1. The maximum absolute atomic E-state index is 13.4. The second kappa shape index (κ2) is 8.57. The van der Waals surface area contributed by atoms with Crippen LogP contribution in [0.4, 0.5) is 0 Å². The van der Waals surface area contributed by atoms with Crippen LogP contribution in [0.25, 0.3) is 0 Å². The van der Waals surface area contributed by atoms with E-state index in [-0.39, 0.29) is 16.3 Å². The van der Waals surface area contributed by atoms with Gasteiger partial charge in [-0.1, -0.05) is 41.4 Å². The number of halogens is 1. The molecule has 1 aliphatic heterocycles. The highest BCUT2D eigenvalue weighted by Crippen LogP contribution is 2.42. The summed E-state index contributed by atoms with van der Waals surface area (Å²) >= 11 is 5.88. The molecule has 1 heterocycles. The zero-order valence-corrected chi connectivity index (χ0v) is 17.7. The molecule has 3 rings (SSSR count). The Kier molecular flexibility index (Phi) is 6.31. The number of ether oxygens (including phenoxy) is 1. The van der Waals surface area contributed by atoms with Gasteiger partial charge in [0.2, 0.25) is 9.84 Å². The first-order valence-corrected chi connectivity index (χ1v) is 10.9. The molecule has 2 aromatic rings. The Bertz CT molecular complexity index is 1030. The molecule has 0 spiro atoms. The number of aliphatic hydroxyl groups excluding tert-OH is 1. The topological polar surface area (TPSA) is 83.9 Å². The summed E-state index contributed by atoms with van der Waals surface area (Å²) in [4.78, 5) is 13.8. The van der Waals surface area contributed by atoms with Gasteiger partial charge in [0.05, 0.1) is 10.9 Å². The van der Waals surface area contributed by atoms with Crippen molar-refractivity contribution in [3.8, 4) is 0 Å². The number of hydrogen-bond donors (Lipinski definition) is 1. The molecule has 0 radical (unpaired) electrons. The summed E-state index contributed by atoms with van der Waals surface area (Å²) in [6.07, 6.45) is 0.506. The van der Waals surface area contributed by atoms with E-state index in [4.69, 9.17) is 16.3 Å². The molecule has 0 saturated carbocycles. The number of benzene rings is 2. The molecule has 1 aliphatic rings. The molecule has 1 atom stereocenters. The fourth-order valence-electron chi connectivity index (χ4n) is 3.33. The predicted octanol–water partition coefficient (Wildman–Crippen LogP) is 3.81. The van der Waals surface area contributed by atoms with Gasteiger partial charge in [-0.15, -0.1) is 0 Å². The zero-order valence-electron chi connectivity index (χ0n) is 16.1. The van der Waals surface area contributed by atoms with Gasteiger partial charge in [-0.2, -0.15) is 0 Å². The zero-order chi connectivity index (χ0) is 21.2. The van der Waals surface area contributed by atoms with Gasteiger partial charge in [0, 0.05) is 25.3 Å². The van der Waals surface area contributed by atoms with Crippen molar-refractivity contribution in [1.29, 1.82) is 0 Å². The van der Waals surface area contributed by atoms with Crippen LogP contribution in [0.5, 0.6) is 0 Å². The minimum Gasteiger partial charge on any atom is -0.502 e. The normalized spacial score (nSPS) is 17.3. The second-order valence-electron chi connectivity index (χ2n) is 6.83. The minimum atomic E-state index is -4.13. The van der Waals surface area contributed by atoms with E-state index < -0.39 is 27.5 Å². The van der Waals surface area contributed by atoms with Crippen molar-refractivity contribution >= 4 is 27.3 Å². The van der Waals surface area contributed by atoms with Crippen LogP contribution < -0.4 is 0 Å². The summed E-state index contributed by atoms with van der Waals surface area (Å²) in [6, 6.07) is 12.0. The van der Waals surface area contributed by atoms with Crippen LogP contribution in [0.15, 0.2) is 64.1 Å². The van der Waals surface area contributed by atoms with Gasteiger partial charge >= 0.3 is 0 Å². The average Bonchev–Trinajstić information content (AvgIpc) is 2.94. The third-order valence-electron chi connectivity index (χ3n) is 4.81. The fourth-order valence-corrected chi connectivity index (χ4v) is 5.11. The number of carbonyl (C=O) groups is 1. The van der Waals surface area contributed by atoms with Gasteiger partial charge < -0.3 is 14.7 Å². The van der Waals surface area contributed by atoms with E-state index in [0.29, 0.717) is 23.6 Å². The van der Waals surface area contributed by atoms with Crippen LogP contribution >= 0.6 is 11.6 Å². The Balaban J connectivity index is 2.12. The van der Waals surface area contributed by atoms with Gasteiger partial charge in [-0.05, 0) is 43.2 Å². The van der Waals surface area contributed by atoms with Crippen molar-refractivity contribution in [3.63, 3.8) is 0 Å². The molecule has 0 aliphatic carbocycles. The summed E-state index contributed by atoms with van der Waals surface area (Å²) in [5.41, 5.74) is 1.61. The van der Waals surface area contributed by atoms with E-state index in [1.165, 1.54) is 29.2 Å². The number of sulfone groups is 1. The van der Waals surface area contributed by atoms with E-state index in [0.717, 1.165) is 5.56 Å². The first-order chi connectivity index (χ1) is 13.8. The monoisotopic (exact) mass is 435 g/mol. The molecule has 29 heavy (non-hydrogen) atoms. The van der Waals surface area contributed by atoms with Crippen LogP contribution in [0.2, 0.25) is 5.02 Å². The Morgan fingerprint density at radius 2 is 1.72 bits per heavy atom. The number of rotatable bonds is 7. The number of carbonyl (C=O) groups excluding carboxylic acids is 1. The lowest BCUT2D eigenvalue weighted by atomic mass is 10.0. The average molecular weight is 436 g/mol. The number of nitrogens with zero attached hydrogens (tertiary/aromatic N) is 1. The van der Waals surface area contributed by atoms with Crippen LogP contribution in [0, 0.1) is 6.92 Å². The van der Waals surface area contributed by atoms with Crippen LogP contribution in [0.3, 0.4) is 0 Å². The Morgan fingerprint density at radius 1 is 1.10 bits per heavy atom. The molecule has 2 aromatic carbocycles. The highest BCUT2D eigenvalue weighted by molar-refractivity contribution is 7.95. The molecule has 1 unspecified atom stereocenters. The molecular formula is C21H22ClNO5S. The molecule has 0 bridgehead atoms. The summed E-state index contributed by atoms with van der Waals surface area (Å²) in [6.45, 7) is 2.57. The lowest BCUT2D eigenvalue weighted by molar-refractivity contribution is -0.129. The summed E-state index contributed by atoms with van der Waals surface area (Å²) in [5.74, 6) is -1.46. The van der Waals surface area contributed by atoms with E-state index in [1.807, 2.05) is 19.1 Å². The fraction of sp³-hybridized carbons (Fsp3) is 0.286. The largest absolute Gasteiger partial charge is 0.502 e. The quantitative estimate of drug-likeness (QED) is 0.668. The molecule has 1 N–H and O–H groups in total. The Morgan fingerprint density at radius 3 is 2.31 bits per heavy atom. The van der Waals surface area contributed by atoms with Crippen LogP contribution in [-0.2, 0) is 19.4 Å². The third-order valence-corrected chi connectivity index (χ3v) is 6.95. The highest BCUT2D eigenvalue weighted by Gasteiger charge is 2.46. The Hall–Kier alpha value is -2.35. The standard InChI is InChI=1S/C21H22ClNO5S/c1-14-4-6-15(7-5-14)18-20(19(24)21(25)23(18)12-3-13-28-2)29(26,27)17-10-8-16(22)9-11-17/h4-11,18,24H,3,12-13H2,1-2H3. The molecule has 0 saturated heterocycles. The smallest absolute Gasteiger partial charge is 0.290 e. The maximum Gasteiger partial charge on any atom is 0.290 e. The molecule has 8 heteroatoms. The van der Waals surface area contributed by atoms with Crippen LogP contribution in [0.1, 0.15) is 23.6 Å². The number of aryl methyl sites for hydroxylation is 1. The van der Waals surface area contributed by atoms with Crippen LogP contribution in [-0.4, -0.2) is 44.6 Å². The minimum absolute atomic E-state index is 0.0351. The third kappa shape index (κ3) is 4.17. The number of aliphatic hydroxyl groups is 1. The molecule has 0 fully saturated rings.